The highest BCUT2D eigenvalue weighted by Gasteiger charge is 2.64. The number of allylic oxidation sites excluding steroid dienone is 8. The van der Waals surface area contributed by atoms with Gasteiger partial charge < -0.3 is 14.6 Å². The molecule has 1 aromatic rings. The number of hydrogen-bond acceptors (Lipinski definition) is 4. The SMILES string of the molecule is CO[C@](C(=O)O[C@@H](CCC(C)CCC/C(C)=C/CC/C=C(\C)CC/C=C(\C)CCC=C(C)C)C(C)(C)O)(c1ccccc1)C(F)(F)F. The van der Waals surface area contributed by atoms with Gasteiger partial charge in [-0.2, -0.15) is 13.2 Å². The zero-order chi connectivity index (χ0) is 35.7. The highest BCUT2D eigenvalue weighted by molar-refractivity contribution is 5.83. The Morgan fingerprint density at radius 2 is 1.30 bits per heavy atom. The molecule has 0 amide bonds. The third-order valence-electron chi connectivity index (χ3n) is 8.68. The van der Waals surface area contributed by atoms with Crippen LogP contribution in [0.4, 0.5) is 13.2 Å². The van der Waals surface area contributed by atoms with Crippen LogP contribution in [0, 0.1) is 5.92 Å². The average molecular weight is 663 g/mol. The maximum Gasteiger partial charge on any atom is 0.432 e. The highest BCUT2D eigenvalue weighted by atomic mass is 19.4. The van der Waals surface area contributed by atoms with E-state index < -0.39 is 29.5 Å². The van der Waals surface area contributed by atoms with Crippen LogP contribution < -0.4 is 0 Å². The first kappa shape index (κ1) is 42.4. The Morgan fingerprint density at radius 1 is 0.787 bits per heavy atom. The van der Waals surface area contributed by atoms with Gasteiger partial charge in [-0.3, -0.25) is 0 Å². The molecular weight excluding hydrogens is 601 g/mol. The summed E-state index contributed by atoms with van der Waals surface area (Å²) in [6.07, 6.45) is 13.3. The van der Waals surface area contributed by atoms with E-state index in [1.165, 1.54) is 60.4 Å². The van der Waals surface area contributed by atoms with Crippen molar-refractivity contribution in [1.29, 1.82) is 0 Å². The molecular formula is C40H61F3O4. The maximum absolute atomic E-state index is 14.3. The first-order chi connectivity index (χ1) is 21.9. The van der Waals surface area contributed by atoms with Crippen LogP contribution in [0.5, 0.6) is 0 Å². The monoisotopic (exact) mass is 662 g/mol. The number of hydrogen-bond donors (Lipinski definition) is 1. The molecule has 4 nitrogen and oxygen atoms in total. The van der Waals surface area contributed by atoms with Crippen LogP contribution in [-0.2, 0) is 19.9 Å². The summed E-state index contributed by atoms with van der Waals surface area (Å²) in [6.45, 7) is 15.8. The lowest BCUT2D eigenvalue weighted by atomic mass is 9.89. The van der Waals surface area contributed by atoms with Gasteiger partial charge in [0.25, 0.3) is 5.60 Å². The lowest BCUT2D eigenvalue weighted by Gasteiger charge is -2.36. The summed E-state index contributed by atoms with van der Waals surface area (Å²) < 4.78 is 53.3. The molecule has 1 N–H and O–H groups in total. The van der Waals surface area contributed by atoms with Gasteiger partial charge >= 0.3 is 12.1 Å². The minimum absolute atomic E-state index is 0.231. The molecule has 1 rings (SSSR count). The molecule has 0 bridgehead atoms. The topological polar surface area (TPSA) is 55.8 Å². The molecule has 0 heterocycles. The van der Waals surface area contributed by atoms with Crippen LogP contribution in [0.3, 0.4) is 0 Å². The number of carbonyl (C=O) groups excluding carboxylic acids is 1. The van der Waals surface area contributed by atoms with Crippen LogP contribution in [0.25, 0.3) is 0 Å². The Bertz CT molecular complexity index is 1180. The van der Waals surface area contributed by atoms with Crippen molar-refractivity contribution >= 4 is 5.97 Å². The van der Waals surface area contributed by atoms with Crippen molar-refractivity contribution in [2.45, 2.75) is 150 Å². The Hall–Kier alpha value is -2.64. The van der Waals surface area contributed by atoms with Gasteiger partial charge in [0.15, 0.2) is 0 Å². The zero-order valence-corrected chi connectivity index (χ0v) is 30.4. The Morgan fingerprint density at radius 3 is 1.79 bits per heavy atom. The molecule has 0 radical (unpaired) electrons. The molecule has 3 atom stereocenters. The fraction of sp³-hybridized carbons (Fsp3) is 0.625. The number of esters is 1. The number of rotatable bonds is 21. The highest BCUT2D eigenvalue weighted by Crippen LogP contribution is 2.43. The van der Waals surface area contributed by atoms with Crippen molar-refractivity contribution in [3.05, 3.63) is 82.5 Å². The molecule has 1 aromatic carbocycles. The molecule has 0 spiro atoms. The molecule has 0 aliphatic heterocycles. The van der Waals surface area contributed by atoms with E-state index >= 15 is 0 Å². The number of carbonyl (C=O) groups is 1. The van der Waals surface area contributed by atoms with E-state index in [0.717, 1.165) is 64.9 Å². The third kappa shape index (κ3) is 15.4. The summed E-state index contributed by atoms with van der Waals surface area (Å²) in [7, 11) is 0.840. The maximum atomic E-state index is 14.3. The second-order valence-electron chi connectivity index (χ2n) is 14.0. The quantitative estimate of drug-likeness (QED) is 0.0808. The fourth-order valence-corrected chi connectivity index (χ4v) is 5.57. The van der Waals surface area contributed by atoms with Crippen molar-refractivity contribution in [2.24, 2.45) is 5.92 Å². The average Bonchev–Trinajstić information content (AvgIpc) is 2.97. The molecule has 0 aliphatic carbocycles. The van der Waals surface area contributed by atoms with Crippen molar-refractivity contribution in [1.82, 2.24) is 0 Å². The first-order valence-electron chi connectivity index (χ1n) is 17.1. The number of aliphatic hydroxyl groups is 1. The van der Waals surface area contributed by atoms with Crippen molar-refractivity contribution in [2.75, 3.05) is 7.11 Å². The summed E-state index contributed by atoms with van der Waals surface area (Å²) in [4.78, 5) is 13.2. The summed E-state index contributed by atoms with van der Waals surface area (Å²) in [6, 6.07) is 6.73. The molecule has 0 fully saturated rings. The van der Waals surface area contributed by atoms with E-state index in [4.69, 9.17) is 9.47 Å². The first-order valence-corrected chi connectivity index (χ1v) is 17.1. The van der Waals surface area contributed by atoms with E-state index in [0.29, 0.717) is 6.42 Å². The van der Waals surface area contributed by atoms with Gasteiger partial charge in [0, 0.05) is 12.7 Å². The minimum atomic E-state index is -5.07. The van der Waals surface area contributed by atoms with Gasteiger partial charge in [-0.1, -0.05) is 90.3 Å². The number of benzene rings is 1. The fourth-order valence-electron chi connectivity index (χ4n) is 5.57. The van der Waals surface area contributed by atoms with Gasteiger partial charge in [-0.15, -0.1) is 0 Å². The molecule has 266 valence electrons. The van der Waals surface area contributed by atoms with Crippen molar-refractivity contribution in [3.8, 4) is 0 Å². The van der Waals surface area contributed by atoms with Crippen LogP contribution in [0.2, 0.25) is 0 Å². The number of unbranched alkanes of at least 4 members (excludes halogenated alkanes) is 1. The third-order valence-corrected chi connectivity index (χ3v) is 8.68. The lowest BCUT2D eigenvalue weighted by molar-refractivity contribution is -0.281. The number of halogens is 3. The van der Waals surface area contributed by atoms with Gasteiger partial charge in [-0.05, 0) is 119 Å². The Balaban J connectivity index is 2.58. The van der Waals surface area contributed by atoms with E-state index in [2.05, 4.69) is 65.8 Å². The molecule has 0 aromatic heterocycles. The second-order valence-corrected chi connectivity index (χ2v) is 14.0. The molecule has 47 heavy (non-hydrogen) atoms. The summed E-state index contributed by atoms with van der Waals surface area (Å²) in [5.74, 6) is -1.34. The predicted molar refractivity (Wildman–Crippen MR) is 188 cm³/mol. The lowest BCUT2D eigenvalue weighted by Crippen LogP contribution is -2.54. The minimum Gasteiger partial charge on any atom is -0.457 e. The van der Waals surface area contributed by atoms with Crippen LogP contribution in [0.1, 0.15) is 132 Å². The van der Waals surface area contributed by atoms with E-state index in [-0.39, 0.29) is 17.9 Å². The Labute approximate surface area is 283 Å². The molecule has 0 saturated heterocycles. The summed E-state index contributed by atoms with van der Waals surface area (Å²) in [5.41, 5.74) is 0.418. The number of methoxy groups -OCH3 is 1. The van der Waals surface area contributed by atoms with Crippen LogP contribution in [0.15, 0.2) is 76.9 Å². The number of ether oxygens (including phenoxy) is 2. The van der Waals surface area contributed by atoms with Gasteiger partial charge in [0.1, 0.15) is 6.10 Å². The van der Waals surface area contributed by atoms with Gasteiger partial charge in [-0.25, -0.2) is 4.79 Å². The molecule has 0 saturated carbocycles. The standard InChI is InChI=1S/C40H61F3O4/c1-30(2)18-15-21-33(5)24-16-22-31(3)19-13-14-20-32(4)23-17-25-34(6)28-29-36(38(7,8)45)47-37(44)39(46-9,40(41,42)43)35-26-11-10-12-27-35/h10-12,18-20,24,26-27,34,36,45H,13-17,21-23,25,28-29H2,1-9H3/b31-19+,32-20+,33-24+/t34?,36-,39-/m0/s1. The summed E-state index contributed by atoms with van der Waals surface area (Å²) in [5, 5.41) is 10.7. The molecule has 1 unspecified atom stereocenters. The largest absolute Gasteiger partial charge is 0.457 e. The molecule has 0 aliphatic rings. The van der Waals surface area contributed by atoms with Crippen molar-refractivity contribution in [3.63, 3.8) is 0 Å². The zero-order valence-electron chi connectivity index (χ0n) is 30.4. The van der Waals surface area contributed by atoms with Crippen LogP contribution in [-0.4, -0.2) is 36.1 Å². The van der Waals surface area contributed by atoms with E-state index in [9.17, 15) is 23.1 Å². The Kier molecular flexibility index (Phi) is 18.6. The number of alkyl halides is 3. The smallest absolute Gasteiger partial charge is 0.432 e. The van der Waals surface area contributed by atoms with E-state index in [1.807, 2.05) is 0 Å². The second kappa shape index (κ2) is 20.7. The predicted octanol–water partition coefficient (Wildman–Crippen LogP) is 11.5. The summed E-state index contributed by atoms with van der Waals surface area (Å²) >= 11 is 0. The van der Waals surface area contributed by atoms with Crippen LogP contribution >= 0.6 is 0 Å². The van der Waals surface area contributed by atoms with Crippen molar-refractivity contribution < 1.29 is 32.5 Å². The normalized spacial score (nSPS) is 16.0. The van der Waals surface area contributed by atoms with Gasteiger partial charge in [0.2, 0.25) is 0 Å². The molecule has 7 heteroatoms. The van der Waals surface area contributed by atoms with E-state index in [1.54, 1.807) is 6.07 Å². The van der Waals surface area contributed by atoms with Gasteiger partial charge in [0.05, 0.1) is 5.60 Å².